The molecule has 0 saturated heterocycles. The Morgan fingerprint density at radius 2 is 1.59 bits per heavy atom. The molecule has 2 heterocycles. The van der Waals surface area contributed by atoms with E-state index in [1.807, 2.05) is 66.7 Å². The number of fused-ring (bicyclic) bond motifs is 3. The Balaban J connectivity index is 1.02. The van der Waals surface area contributed by atoms with Crippen molar-refractivity contribution in [2.24, 2.45) is 33.5 Å². The largest absolute Gasteiger partial charge is 0.415 e. The number of rotatable bonds is 8. The minimum absolute atomic E-state index is 0.0165. The molecule has 8 heteroatoms. The third kappa shape index (κ3) is 5.25. The zero-order valence-corrected chi connectivity index (χ0v) is 33.7. The van der Waals surface area contributed by atoms with Crippen molar-refractivity contribution in [3.05, 3.63) is 124 Å². The van der Waals surface area contributed by atoms with Crippen LogP contribution < -0.4 is 4.74 Å². The van der Waals surface area contributed by atoms with E-state index >= 15 is 4.79 Å². The number of allylic oxidation sites excluding steroid dienone is 4. The smallest absolute Gasteiger partial charge is 0.410 e. The number of nitrogens with zero attached hydrogens (tertiary/aromatic N) is 1. The lowest BCUT2D eigenvalue weighted by molar-refractivity contribution is -0.175. The fraction of sp³-hybridized carbons (Fsp3) is 0.417. The monoisotopic (exact) mass is 783 g/mol. The molecule has 288 valence electrons. The standard InChI is InChI=1S/C48H49NO5S2/c1-44-19-15-34(50)28-46(44)22-23-48(37(29-46)42(51)39-27-33-10-5-6-12-38(33)56-39)40(44)16-20-45(2)41(48)17-21-47(45,53)30-49(24-18-36-11-7-25-55-36)43(52)54-35-14-13-31-8-3-4-9-32(31)26-35/h3-14,22-23,25-27,29,34,40-41,50,53H,15-21,24,28,30H2,1-2H3/t34?,40-,41-,44-,45+,46+,47-,48-/m1/s1. The first kappa shape index (κ1) is 36.3. The minimum atomic E-state index is -1.20. The van der Waals surface area contributed by atoms with Crippen molar-refractivity contribution in [3.8, 4) is 5.75 Å². The van der Waals surface area contributed by atoms with Crippen molar-refractivity contribution in [3.63, 3.8) is 0 Å². The molecular formula is C48H49NO5S2. The Kier molecular flexibility index (Phi) is 8.40. The molecule has 0 radical (unpaired) electrons. The van der Waals surface area contributed by atoms with Crippen LogP contribution in [-0.2, 0) is 6.42 Å². The van der Waals surface area contributed by atoms with E-state index in [1.165, 1.54) is 4.88 Å². The van der Waals surface area contributed by atoms with Crippen molar-refractivity contribution < 1.29 is 24.5 Å². The normalized spacial score (nSPS) is 34.1. The SMILES string of the molecule is C[C@]12CC[C@H]3[C@]4(C=C[C@@]5(C=C4C(=O)c4cc6ccccc6s4)CC(O)CC[C@]35C)[C@@H]1CC[C@@]2(O)CN(CCc1cccs1)C(=O)Oc1ccc2ccccc2c1. The highest BCUT2D eigenvalue weighted by atomic mass is 32.1. The van der Waals surface area contributed by atoms with Gasteiger partial charge < -0.3 is 19.8 Å². The van der Waals surface area contributed by atoms with Crippen LogP contribution in [0.15, 0.2) is 114 Å². The van der Waals surface area contributed by atoms with Crippen LogP contribution in [0.25, 0.3) is 20.9 Å². The van der Waals surface area contributed by atoms with Gasteiger partial charge in [-0.15, -0.1) is 22.7 Å². The van der Waals surface area contributed by atoms with Crippen molar-refractivity contribution >= 4 is 55.4 Å². The van der Waals surface area contributed by atoms with Gasteiger partial charge in [-0.05, 0) is 120 Å². The van der Waals surface area contributed by atoms with Gasteiger partial charge in [0.25, 0.3) is 0 Å². The maximum Gasteiger partial charge on any atom is 0.415 e. The summed E-state index contributed by atoms with van der Waals surface area (Å²) < 4.78 is 7.21. The van der Waals surface area contributed by atoms with Crippen LogP contribution in [-0.4, -0.2) is 51.8 Å². The summed E-state index contributed by atoms with van der Waals surface area (Å²) in [5.74, 6) is 0.740. The molecule has 5 aromatic rings. The molecule has 6 nitrogen and oxygen atoms in total. The number of ether oxygens (including phenoxy) is 1. The second kappa shape index (κ2) is 13.0. The molecule has 8 atom stereocenters. The Bertz CT molecular complexity index is 2400. The Hall–Kier alpha value is -4.08. The molecule has 1 amide bonds. The summed E-state index contributed by atoms with van der Waals surface area (Å²) >= 11 is 3.23. The lowest BCUT2D eigenvalue weighted by Crippen LogP contribution is -2.67. The summed E-state index contributed by atoms with van der Waals surface area (Å²) in [7, 11) is 0. The van der Waals surface area contributed by atoms with Gasteiger partial charge in [0.1, 0.15) is 5.75 Å². The minimum Gasteiger partial charge on any atom is -0.410 e. The first-order chi connectivity index (χ1) is 27.0. The number of aliphatic hydroxyl groups excluding tert-OH is 1. The predicted octanol–water partition coefficient (Wildman–Crippen LogP) is 10.6. The molecule has 1 unspecified atom stereocenters. The Morgan fingerprint density at radius 1 is 0.839 bits per heavy atom. The van der Waals surface area contributed by atoms with E-state index in [9.17, 15) is 15.0 Å². The van der Waals surface area contributed by atoms with E-state index in [-0.39, 0.29) is 29.6 Å². The van der Waals surface area contributed by atoms with Crippen LogP contribution in [0.5, 0.6) is 5.75 Å². The molecule has 56 heavy (non-hydrogen) atoms. The van der Waals surface area contributed by atoms with Crippen molar-refractivity contribution in [1.29, 1.82) is 0 Å². The van der Waals surface area contributed by atoms with E-state index < -0.39 is 34.0 Å². The van der Waals surface area contributed by atoms with E-state index in [4.69, 9.17) is 4.74 Å². The van der Waals surface area contributed by atoms with Crippen LogP contribution in [0.1, 0.15) is 73.3 Å². The first-order valence-corrected chi connectivity index (χ1v) is 22.0. The number of carbonyl (C=O) groups excluding carboxylic acids is 2. The number of carbonyl (C=O) groups is 2. The molecule has 2 spiro atoms. The molecular weight excluding hydrogens is 735 g/mol. The number of thiophene rings is 2. The molecule has 11 rings (SSSR count). The Labute approximate surface area is 336 Å². The molecule has 2 aromatic heterocycles. The van der Waals surface area contributed by atoms with Crippen molar-refractivity contribution in [2.45, 2.75) is 76.9 Å². The van der Waals surface area contributed by atoms with Crippen molar-refractivity contribution in [2.75, 3.05) is 13.1 Å². The summed E-state index contributed by atoms with van der Waals surface area (Å²) in [6.45, 7) is 5.22. The van der Waals surface area contributed by atoms with Crippen LogP contribution >= 0.6 is 22.7 Å². The van der Waals surface area contributed by atoms with E-state index in [1.54, 1.807) is 27.6 Å². The lowest BCUT2D eigenvalue weighted by Gasteiger charge is -2.71. The third-order valence-corrected chi connectivity index (χ3v) is 17.5. The van der Waals surface area contributed by atoms with Gasteiger partial charge in [0.2, 0.25) is 0 Å². The molecule has 0 aliphatic heterocycles. The number of hydrogen-bond acceptors (Lipinski definition) is 7. The van der Waals surface area contributed by atoms with Gasteiger partial charge in [-0.25, -0.2) is 4.79 Å². The van der Waals surface area contributed by atoms with Gasteiger partial charge >= 0.3 is 6.09 Å². The second-order valence-electron chi connectivity index (χ2n) is 17.9. The maximum atomic E-state index is 15.2. The fourth-order valence-electron chi connectivity index (χ4n) is 12.5. The van der Waals surface area contributed by atoms with E-state index in [2.05, 4.69) is 55.7 Å². The summed E-state index contributed by atoms with van der Waals surface area (Å²) in [5, 5.41) is 29.5. The highest BCUT2D eigenvalue weighted by Crippen LogP contribution is 2.78. The van der Waals surface area contributed by atoms with Gasteiger partial charge in [0.15, 0.2) is 5.78 Å². The highest BCUT2D eigenvalue weighted by molar-refractivity contribution is 7.21. The molecule has 3 saturated carbocycles. The lowest BCUT2D eigenvalue weighted by atomic mass is 9.32. The zero-order chi connectivity index (χ0) is 38.5. The summed E-state index contributed by atoms with van der Waals surface area (Å²) in [4.78, 5) is 33.1. The summed E-state index contributed by atoms with van der Waals surface area (Å²) in [6.07, 6.45) is 12.0. The van der Waals surface area contributed by atoms with Gasteiger partial charge in [-0.1, -0.05) is 86.7 Å². The van der Waals surface area contributed by atoms with Gasteiger partial charge in [0.05, 0.1) is 23.1 Å². The Morgan fingerprint density at radius 3 is 2.39 bits per heavy atom. The molecule has 2 N–H and O–H groups in total. The number of ketones is 1. The highest BCUT2D eigenvalue weighted by Gasteiger charge is 2.74. The zero-order valence-electron chi connectivity index (χ0n) is 32.1. The van der Waals surface area contributed by atoms with Crippen molar-refractivity contribution in [1.82, 2.24) is 4.90 Å². The average molecular weight is 784 g/mol. The van der Waals surface area contributed by atoms with Crippen LogP contribution in [0, 0.1) is 33.5 Å². The molecule has 3 fully saturated rings. The summed E-state index contributed by atoms with van der Waals surface area (Å²) in [5.41, 5.74) is -2.02. The average Bonchev–Trinajstić information content (AvgIpc) is 3.94. The van der Waals surface area contributed by atoms with Gasteiger partial charge in [-0.2, -0.15) is 0 Å². The van der Waals surface area contributed by atoms with Crippen LogP contribution in [0.2, 0.25) is 0 Å². The first-order valence-electron chi connectivity index (χ1n) is 20.3. The van der Waals surface area contributed by atoms with E-state index in [0.717, 1.165) is 63.4 Å². The molecule has 6 aliphatic carbocycles. The molecule has 6 aliphatic rings. The topological polar surface area (TPSA) is 87.1 Å². The predicted molar refractivity (Wildman–Crippen MR) is 224 cm³/mol. The molecule has 3 aromatic carbocycles. The summed E-state index contributed by atoms with van der Waals surface area (Å²) in [6, 6.07) is 28.1. The third-order valence-electron chi connectivity index (χ3n) is 15.5. The van der Waals surface area contributed by atoms with Gasteiger partial charge in [-0.3, -0.25) is 4.79 Å². The fourth-order valence-corrected chi connectivity index (χ4v) is 14.2. The van der Waals surface area contributed by atoms with Crippen LogP contribution in [0.4, 0.5) is 4.79 Å². The number of Topliss-reactive ketones (excluding diaryl/α,β-unsaturated/α-hetero) is 1. The number of benzene rings is 3. The number of hydrogen-bond donors (Lipinski definition) is 2. The number of aliphatic hydroxyl groups is 2. The van der Waals surface area contributed by atoms with Gasteiger partial charge in [0, 0.05) is 37.9 Å². The quantitative estimate of drug-likeness (QED) is 0.121. The molecule has 2 bridgehead atoms. The maximum absolute atomic E-state index is 15.2. The van der Waals surface area contributed by atoms with Crippen LogP contribution in [0.3, 0.4) is 0 Å². The van der Waals surface area contributed by atoms with E-state index in [0.29, 0.717) is 31.6 Å². The second-order valence-corrected chi connectivity index (χ2v) is 20.0. The number of amides is 1.